The molecule has 5 heteroatoms. The molecule has 2 aromatic rings. The molecule has 2 aromatic heterocycles. The highest BCUT2D eigenvalue weighted by atomic mass is 32.1. The van der Waals surface area contributed by atoms with Gasteiger partial charge in [-0.15, -0.1) is 11.3 Å². The summed E-state index contributed by atoms with van der Waals surface area (Å²) in [6, 6.07) is 1.94. The summed E-state index contributed by atoms with van der Waals surface area (Å²) >= 11 is 1.80. The topological polar surface area (TPSA) is 50.7 Å². The third-order valence-corrected chi connectivity index (χ3v) is 4.84. The van der Waals surface area contributed by atoms with Crippen LogP contribution in [0.25, 0.3) is 10.7 Å². The molecular weight excluding hydrogens is 268 g/mol. The molecule has 1 N–H and O–H groups in total. The van der Waals surface area contributed by atoms with Gasteiger partial charge in [-0.2, -0.15) is 0 Å². The maximum Gasteiger partial charge on any atom is 0.142 e. The van der Waals surface area contributed by atoms with Crippen LogP contribution in [0.15, 0.2) is 18.6 Å². The van der Waals surface area contributed by atoms with Crippen LogP contribution < -0.4 is 5.32 Å². The number of aromatic nitrogens is 3. The molecular formula is C15H20N4S. The second-order valence-electron chi connectivity index (χ2n) is 5.22. The lowest BCUT2D eigenvalue weighted by Gasteiger charge is -2.21. The van der Waals surface area contributed by atoms with Gasteiger partial charge in [0, 0.05) is 23.5 Å². The lowest BCUT2D eigenvalue weighted by molar-refractivity contribution is 0.502. The maximum absolute atomic E-state index is 4.87. The van der Waals surface area contributed by atoms with Gasteiger partial charge in [-0.25, -0.2) is 15.0 Å². The molecule has 1 unspecified atom stereocenters. The van der Waals surface area contributed by atoms with Gasteiger partial charge >= 0.3 is 0 Å². The van der Waals surface area contributed by atoms with Crippen LogP contribution in [-0.2, 0) is 6.42 Å². The molecule has 3 rings (SSSR count). The summed E-state index contributed by atoms with van der Waals surface area (Å²) < 4.78 is 0. The first-order valence-corrected chi connectivity index (χ1v) is 8.17. The summed E-state index contributed by atoms with van der Waals surface area (Å²) in [6.45, 7) is 4.35. The Labute approximate surface area is 123 Å². The molecule has 4 nitrogen and oxygen atoms in total. The van der Waals surface area contributed by atoms with E-state index in [1.165, 1.54) is 36.3 Å². The summed E-state index contributed by atoms with van der Waals surface area (Å²) in [4.78, 5) is 14.6. The number of hydrogen-bond acceptors (Lipinski definition) is 5. The minimum atomic E-state index is 0.567. The Bertz CT molecular complexity index is 552. The van der Waals surface area contributed by atoms with Crippen LogP contribution in [0.5, 0.6) is 0 Å². The van der Waals surface area contributed by atoms with E-state index in [9.17, 15) is 0 Å². The molecule has 0 fully saturated rings. The Morgan fingerprint density at radius 2 is 2.40 bits per heavy atom. The van der Waals surface area contributed by atoms with Crippen molar-refractivity contribution >= 4 is 11.3 Å². The normalized spacial score (nSPS) is 17.9. The monoisotopic (exact) mass is 288 g/mol. The van der Waals surface area contributed by atoms with E-state index in [4.69, 9.17) is 4.98 Å². The van der Waals surface area contributed by atoms with E-state index in [-0.39, 0.29) is 0 Å². The summed E-state index contributed by atoms with van der Waals surface area (Å²) in [7, 11) is 0. The fourth-order valence-corrected chi connectivity index (χ4v) is 3.85. The van der Waals surface area contributed by atoms with E-state index in [0.29, 0.717) is 5.92 Å². The molecule has 0 aromatic carbocycles. The Morgan fingerprint density at radius 3 is 3.20 bits per heavy atom. The van der Waals surface area contributed by atoms with Crippen LogP contribution in [0.4, 0.5) is 0 Å². The number of nitrogens with zero attached hydrogens (tertiary/aromatic N) is 3. The van der Waals surface area contributed by atoms with Crippen molar-refractivity contribution in [3.63, 3.8) is 0 Å². The lowest BCUT2D eigenvalue weighted by atomic mass is 9.91. The summed E-state index contributed by atoms with van der Waals surface area (Å²) in [5, 5.41) is 4.58. The van der Waals surface area contributed by atoms with Crippen LogP contribution >= 0.6 is 11.3 Å². The van der Waals surface area contributed by atoms with Crippen LogP contribution in [-0.4, -0.2) is 28.0 Å². The number of thiazole rings is 1. The molecule has 0 amide bonds. The number of rotatable bonds is 5. The van der Waals surface area contributed by atoms with E-state index >= 15 is 0 Å². The third kappa shape index (κ3) is 2.88. The van der Waals surface area contributed by atoms with E-state index < -0.39 is 0 Å². The Kier molecular flexibility index (Phi) is 4.38. The molecule has 1 aliphatic carbocycles. The first kappa shape index (κ1) is 13.6. The van der Waals surface area contributed by atoms with Gasteiger partial charge in [0.25, 0.3) is 0 Å². The zero-order valence-electron chi connectivity index (χ0n) is 11.8. The summed E-state index contributed by atoms with van der Waals surface area (Å²) in [6.07, 6.45) is 8.25. The fraction of sp³-hybridized carbons (Fsp3) is 0.533. The highest BCUT2D eigenvalue weighted by Gasteiger charge is 2.24. The van der Waals surface area contributed by atoms with Crippen molar-refractivity contribution in [3.8, 4) is 10.7 Å². The van der Waals surface area contributed by atoms with Gasteiger partial charge in [0.15, 0.2) is 0 Å². The molecule has 20 heavy (non-hydrogen) atoms. The van der Waals surface area contributed by atoms with Gasteiger partial charge in [-0.05, 0) is 38.3 Å². The largest absolute Gasteiger partial charge is 0.316 e. The number of fused-ring (bicyclic) bond motifs is 1. The highest BCUT2D eigenvalue weighted by molar-refractivity contribution is 7.15. The predicted molar refractivity (Wildman–Crippen MR) is 82.0 cm³/mol. The molecule has 0 aliphatic heterocycles. The average molecular weight is 288 g/mol. The van der Waals surface area contributed by atoms with Gasteiger partial charge in [0.05, 0.1) is 5.69 Å². The van der Waals surface area contributed by atoms with Crippen LogP contribution in [0.2, 0.25) is 0 Å². The molecule has 0 bridgehead atoms. The minimum Gasteiger partial charge on any atom is -0.316 e. The van der Waals surface area contributed by atoms with Crippen molar-refractivity contribution < 1.29 is 0 Å². The van der Waals surface area contributed by atoms with Gasteiger partial charge < -0.3 is 5.32 Å². The van der Waals surface area contributed by atoms with Crippen molar-refractivity contribution in [2.45, 2.75) is 38.5 Å². The molecule has 106 valence electrons. The summed E-state index contributed by atoms with van der Waals surface area (Å²) in [5.41, 5.74) is 2.25. The van der Waals surface area contributed by atoms with Gasteiger partial charge in [0.2, 0.25) is 0 Å². The quantitative estimate of drug-likeness (QED) is 0.859. The van der Waals surface area contributed by atoms with E-state index in [2.05, 4.69) is 22.2 Å². The Hall–Kier alpha value is -1.33. The predicted octanol–water partition coefficient (Wildman–Crippen LogP) is 3.02. The first-order valence-electron chi connectivity index (χ1n) is 7.35. The van der Waals surface area contributed by atoms with E-state index in [1.807, 2.05) is 6.07 Å². The standard InChI is InChI=1S/C15H20N4S/c1-2-7-16-9-11-4-3-5-13-14(11)19-15(20-13)12-6-8-17-10-18-12/h6,8,10-11,16H,2-5,7,9H2,1H3. The lowest BCUT2D eigenvalue weighted by Crippen LogP contribution is -2.24. The number of nitrogens with one attached hydrogen (secondary N) is 1. The van der Waals surface area contributed by atoms with Gasteiger partial charge in [0.1, 0.15) is 17.0 Å². The van der Waals surface area contributed by atoms with Gasteiger partial charge in [-0.1, -0.05) is 6.92 Å². The second-order valence-corrected chi connectivity index (χ2v) is 6.30. The second kappa shape index (κ2) is 6.41. The smallest absolute Gasteiger partial charge is 0.142 e. The Balaban J connectivity index is 1.81. The minimum absolute atomic E-state index is 0.567. The van der Waals surface area contributed by atoms with Crippen molar-refractivity contribution in [3.05, 3.63) is 29.2 Å². The van der Waals surface area contributed by atoms with E-state index in [1.54, 1.807) is 23.9 Å². The van der Waals surface area contributed by atoms with Crippen molar-refractivity contribution in [1.29, 1.82) is 0 Å². The number of aryl methyl sites for hydroxylation is 1. The van der Waals surface area contributed by atoms with Gasteiger partial charge in [-0.3, -0.25) is 0 Å². The zero-order chi connectivity index (χ0) is 13.8. The Morgan fingerprint density at radius 1 is 1.45 bits per heavy atom. The molecule has 0 radical (unpaired) electrons. The molecule has 2 heterocycles. The van der Waals surface area contributed by atoms with Crippen LogP contribution in [0.1, 0.15) is 42.7 Å². The van der Waals surface area contributed by atoms with Crippen molar-refractivity contribution in [1.82, 2.24) is 20.3 Å². The fourth-order valence-electron chi connectivity index (χ4n) is 2.69. The third-order valence-electron chi connectivity index (χ3n) is 3.69. The SMILES string of the molecule is CCCNCC1CCCc2sc(-c3ccncn3)nc21. The van der Waals surface area contributed by atoms with Crippen molar-refractivity contribution in [2.75, 3.05) is 13.1 Å². The summed E-state index contributed by atoms with van der Waals surface area (Å²) in [5.74, 6) is 0.567. The molecule has 0 saturated heterocycles. The first-order chi connectivity index (χ1) is 9.88. The molecule has 1 aliphatic rings. The van der Waals surface area contributed by atoms with Crippen molar-refractivity contribution in [2.24, 2.45) is 0 Å². The molecule has 0 spiro atoms. The maximum atomic E-state index is 4.87. The molecule has 0 saturated carbocycles. The van der Waals surface area contributed by atoms with Crippen LogP contribution in [0.3, 0.4) is 0 Å². The molecule has 1 atom stereocenters. The zero-order valence-corrected chi connectivity index (χ0v) is 12.6. The van der Waals surface area contributed by atoms with Crippen LogP contribution in [0, 0.1) is 0 Å². The average Bonchev–Trinajstić information content (AvgIpc) is 2.93. The number of hydrogen-bond donors (Lipinski definition) is 1. The highest BCUT2D eigenvalue weighted by Crippen LogP contribution is 2.37. The van der Waals surface area contributed by atoms with E-state index in [0.717, 1.165) is 23.8 Å².